The molecule has 0 saturated heterocycles. The van der Waals surface area contributed by atoms with Crippen molar-refractivity contribution in [2.24, 2.45) is 22.6 Å². The number of nitrogens with zero attached hydrogens (tertiary/aromatic N) is 2. The van der Waals surface area contributed by atoms with E-state index in [1.165, 1.54) is 12.1 Å². The lowest BCUT2D eigenvalue weighted by Crippen LogP contribution is -2.34. The van der Waals surface area contributed by atoms with Crippen LogP contribution in [0.25, 0.3) is 0 Å². The molecule has 9 heteroatoms. The Balaban J connectivity index is 1.74. The van der Waals surface area contributed by atoms with E-state index in [0.29, 0.717) is 16.9 Å². The molecule has 28 heavy (non-hydrogen) atoms. The first-order valence-corrected chi connectivity index (χ1v) is 8.67. The molecule has 0 bridgehead atoms. The summed E-state index contributed by atoms with van der Waals surface area (Å²) >= 11 is 0. The van der Waals surface area contributed by atoms with E-state index in [1.54, 1.807) is 24.3 Å². The van der Waals surface area contributed by atoms with Gasteiger partial charge >= 0.3 is 6.18 Å². The summed E-state index contributed by atoms with van der Waals surface area (Å²) in [5.41, 5.74) is 6.81. The third-order valence-electron chi connectivity index (χ3n) is 4.28. The van der Waals surface area contributed by atoms with Crippen LogP contribution in [0.15, 0.2) is 53.6 Å². The minimum absolute atomic E-state index is 0.0233. The number of hydrazone groups is 1. The topological polar surface area (TPSA) is 96.7 Å². The number of nitrogens with one attached hydrogen (secondary N) is 1. The summed E-state index contributed by atoms with van der Waals surface area (Å²) in [5.74, 6) is 5.93. The zero-order chi connectivity index (χ0) is 20.3. The summed E-state index contributed by atoms with van der Waals surface area (Å²) in [7, 11) is 0. The van der Waals surface area contributed by atoms with E-state index in [9.17, 15) is 18.0 Å². The van der Waals surface area contributed by atoms with Crippen molar-refractivity contribution in [1.82, 2.24) is 5.12 Å². The largest absolute Gasteiger partial charge is 0.416 e. The highest BCUT2D eigenvalue weighted by Gasteiger charge is 2.30. The van der Waals surface area contributed by atoms with Crippen LogP contribution in [0.2, 0.25) is 0 Å². The second-order valence-electron chi connectivity index (χ2n) is 6.57. The number of hydrogen-bond acceptors (Lipinski definition) is 5. The van der Waals surface area contributed by atoms with E-state index in [2.05, 4.69) is 10.4 Å². The van der Waals surface area contributed by atoms with Crippen LogP contribution in [0.3, 0.4) is 0 Å². The molecular formula is C19H20F3N5O. The number of benzene rings is 2. The fraction of sp³-hybridized carbons (Fsp3) is 0.263. The van der Waals surface area contributed by atoms with Gasteiger partial charge in [0.2, 0.25) is 0 Å². The number of anilines is 2. The Morgan fingerprint density at radius 2 is 1.79 bits per heavy atom. The smallest absolute Gasteiger partial charge is 0.382 e. The molecule has 0 atom stereocenters. The van der Waals surface area contributed by atoms with Crippen molar-refractivity contribution in [3.8, 4) is 0 Å². The van der Waals surface area contributed by atoms with Crippen LogP contribution in [0, 0.1) is 5.92 Å². The Kier molecular flexibility index (Phi) is 5.55. The predicted octanol–water partition coefficient (Wildman–Crippen LogP) is 3.22. The average molecular weight is 391 g/mol. The number of hydrogen-bond donors (Lipinski definition) is 3. The molecule has 0 radical (unpaired) electrons. The molecule has 0 spiro atoms. The molecule has 0 heterocycles. The Morgan fingerprint density at radius 1 is 1.14 bits per heavy atom. The number of carbonyl (C=O) groups excluding carboxylic acids is 1. The maximum absolute atomic E-state index is 12.7. The predicted molar refractivity (Wildman–Crippen MR) is 101 cm³/mol. The van der Waals surface area contributed by atoms with Crippen molar-refractivity contribution in [1.29, 1.82) is 0 Å². The second-order valence-corrected chi connectivity index (χ2v) is 6.57. The molecule has 6 nitrogen and oxygen atoms in total. The summed E-state index contributed by atoms with van der Waals surface area (Å²) in [5, 5.41) is 8.07. The van der Waals surface area contributed by atoms with Crippen molar-refractivity contribution in [3.63, 3.8) is 0 Å². The Labute approximate surface area is 160 Å². The van der Waals surface area contributed by atoms with E-state index in [1.807, 2.05) is 0 Å². The summed E-state index contributed by atoms with van der Waals surface area (Å²) in [6.07, 6.45) is -2.63. The number of rotatable bonds is 7. The Bertz CT molecular complexity index is 876. The normalized spacial score (nSPS) is 14.6. The number of nitrogens with two attached hydrogens (primary N) is 2. The second kappa shape index (κ2) is 7.89. The minimum Gasteiger partial charge on any atom is -0.382 e. The fourth-order valence-corrected chi connectivity index (χ4v) is 2.64. The number of halogens is 3. The Hall–Kier alpha value is -3.07. The van der Waals surface area contributed by atoms with Gasteiger partial charge in [-0.1, -0.05) is 12.1 Å². The van der Waals surface area contributed by atoms with E-state index in [-0.39, 0.29) is 24.1 Å². The van der Waals surface area contributed by atoms with Gasteiger partial charge in [0.25, 0.3) is 0 Å². The van der Waals surface area contributed by atoms with Gasteiger partial charge in [0.1, 0.15) is 6.54 Å². The van der Waals surface area contributed by atoms with Gasteiger partial charge < -0.3 is 11.1 Å². The zero-order valence-electron chi connectivity index (χ0n) is 14.9. The number of carbonyl (C=O) groups is 1. The first-order chi connectivity index (χ1) is 13.2. The zero-order valence-corrected chi connectivity index (χ0v) is 14.9. The van der Waals surface area contributed by atoms with Crippen molar-refractivity contribution in [2.45, 2.75) is 19.0 Å². The van der Waals surface area contributed by atoms with Gasteiger partial charge in [0.15, 0.2) is 11.6 Å². The van der Waals surface area contributed by atoms with Crippen LogP contribution in [-0.4, -0.2) is 23.3 Å². The highest BCUT2D eigenvalue weighted by atomic mass is 19.4. The van der Waals surface area contributed by atoms with Crippen LogP contribution >= 0.6 is 0 Å². The molecule has 148 valence electrons. The molecule has 1 fully saturated rings. The number of Topliss-reactive ketones (excluding diaryl/α,β-unsaturated/α-hetero) is 1. The summed E-state index contributed by atoms with van der Waals surface area (Å²) in [6, 6.07) is 11.5. The molecule has 0 unspecified atom stereocenters. The maximum atomic E-state index is 12.7. The van der Waals surface area contributed by atoms with Gasteiger partial charge in [0, 0.05) is 22.9 Å². The molecule has 1 aliphatic carbocycles. The first kappa shape index (κ1) is 19.7. The molecule has 3 rings (SSSR count). The van der Waals surface area contributed by atoms with Crippen molar-refractivity contribution in [3.05, 3.63) is 59.7 Å². The van der Waals surface area contributed by atoms with Crippen LogP contribution in [0.1, 0.15) is 24.0 Å². The number of para-hydroxylation sites is 1. The average Bonchev–Trinajstić information content (AvgIpc) is 3.47. The summed E-state index contributed by atoms with van der Waals surface area (Å²) < 4.78 is 38.1. The van der Waals surface area contributed by atoms with Gasteiger partial charge in [-0.05, 0) is 49.2 Å². The summed E-state index contributed by atoms with van der Waals surface area (Å²) in [4.78, 5) is 11.8. The van der Waals surface area contributed by atoms with E-state index < -0.39 is 11.7 Å². The SMILES string of the molecule is N/C(=N\N(N)CC(=O)C1CC1)c1ccccc1Nc1ccc(C(F)(F)F)cc1. The molecule has 0 aliphatic heterocycles. The van der Waals surface area contributed by atoms with Crippen molar-refractivity contribution in [2.75, 3.05) is 11.9 Å². The van der Waals surface area contributed by atoms with Crippen LogP contribution in [0.5, 0.6) is 0 Å². The molecule has 0 amide bonds. The van der Waals surface area contributed by atoms with Crippen LogP contribution in [0.4, 0.5) is 24.5 Å². The number of ketones is 1. The van der Waals surface area contributed by atoms with E-state index >= 15 is 0 Å². The van der Waals surface area contributed by atoms with Crippen LogP contribution in [-0.2, 0) is 11.0 Å². The molecule has 1 saturated carbocycles. The monoisotopic (exact) mass is 391 g/mol. The van der Waals surface area contributed by atoms with E-state index in [0.717, 1.165) is 30.1 Å². The highest BCUT2D eigenvalue weighted by Crippen LogP contribution is 2.31. The number of hydrazine groups is 1. The molecule has 5 N–H and O–H groups in total. The van der Waals surface area contributed by atoms with Gasteiger partial charge in [0.05, 0.1) is 5.56 Å². The molecule has 0 aromatic heterocycles. The lowest BCUT2D eigenvalue weighted by Gasteiger charge is -2.15. The van der Waals surface area contributed by atoms with Gasteiger partial charge in [-0.2, -0.15) is 13.2 Å². The van der Waals surface area contributed by atoms with Gasteiger partial charge in [-0.15, -0.1) is 5.10 Å². The lowest BCUT2D eigenvalue weighted by atomic mass is 10.1. The molecule has 1 aliphatic rings. The van der Waals surface area contributed by atoms with Crippen LogP contribution < -0.4 is 16.9 Å². The first-order valence-electron chi connectivity index (χ1n) is 8.67. The Morgan fingerprint density at radius 3 is 2.39 bits per heavy atom. The van der Waals surface area contributed by atoms with Gasteiger partial charge in [-0.3, -0.25) is 4.79 Å². The molecular weight excluding hydrogens is 371 g/mol. The minimum atomic E-state index is -4.39. The number of amidine groups is 1. The summed E-state index contributed by atoms with van der Waals surface area (Å²) in [6.45, 7) is -0.0279. The fourth-order valence-electron chi connectivity index (χ4n) is 2.64. The third-order valence-corrected chi connectivity index (χ3v) is 4.28. The van der Waals surface area contributed by atoms with Gasteiger partial charge in [-0.25, -0.2) is 11.0 Å². The third kappa shape index (κ3) is 5.01. The maximum Gasteiger partial charge on any atom is 0.416 e. The number of alkyl halides is 3. The molecule has 2 aromatic carbocycles. The van der Waals surface area contributed by atoms with E-state index in [4.69, 9.17) is 11.6 Å². The standard InChI is InChI=1S/C19H20F3N5O/c20-19(21,22)13-7-9-14(10-8-13)25-16-4-2-1-3-15(16)18(23)26-27(24)11-17(28)12-5-6-12/h1-4,7-10,12,25H,5-6,11,24H2,(H2,23,26). The lowest BCUT2D eigenvalue weighted by molar-refractivity contribution is -0.137. The quantitative estimate of drug-likeness (QED) is 0.291. The van der Waals surface area contributed by atoms with Crippen molar-refractivity contribution >= 4 is 23.0 Å². The molecule has 2 aromatic rings. The highest BCUT2D eigenvalue weighted by molar-refractivity contribution is 6.03. The van der Waals surface area contributed by atoms with Crippen molar-refractivity contribution < 1.29 is 18.0 Å².